The summed E-state index contributed by atoms with van der Waals surface area (Å²) in [6.45, 7) is 5.25. The highest BCUT2D eigenvalue weighted by atomic mass is 35.5. The van der Waals surface area contributed by atoms with Gasteiger partial charge in [-0.1, -0.05) is 37.9 Å². The fraction of sp³-hybridized carbons (Fsp3) is 0.600. The van der Waals surface area contributed by atoms with Gasteiger partial charge in [0.25, 0.3) is 0 Å². The van der Waals surface area contributed by atoms with Crippen molar-refractivity contribution in [2.75, 3.05) is 6.54 Å². The summed E-state index contributed by atoms with van der Waals surface area (Å²) >= 11 is 5.99. The summed E-state index contributed by atoms with van der Waals surface area (Å²) < 4.78 is 14.0. The standard InChI is InChI=1S/C15H21ClFN/c1-10(2)11-7-12(15(17)14(16)9-11)8-13-5-3-4-6-18-13/h7,9-10,13,18H,3-6,8H2,1-2H3. The maximum Gasteiger partial charge on any atom is 0.145 e. The first-order valence-electron chi connectivity index (χ1n) is 6.79. The van der Waals surface area contributed by atoms with Crippen molar-refractivity contribution in [1.82, 2.24) is 5.32 Å². The lowest BCUT2D eigenvalue weighted by Crippen LogP contribution is -2.35. The Morgan fingerprint density at radius 3 is 2.78 bits per heavy atom. The summed E-state index contributed by atoms with van der Waals surface area (Å²) in [5, 5.41) is 3.71. The number of hydrogen-bond acceptors (Lipinski definition) is 1. The average Bonchev–Trinajstić information content (AvgIpc) is 2.35. The van der Waals surface area contributed by atoms with Crippen LogP contribution in [0.5, 0.6) is 0 Å². The average molecular weight is 270 g/mol. The first-order valence-corrected chi connectivity index (χ1v) is 7.17. The molecule has 1 aromatic carbocycles. The van der Waals surface area contributed by atoms with Crippen LogP contribution in [-0.2, 0) is 6.42 Å². The Morgan fingerprint density at radius 2 is 2.17 bits per heavy atom. The van der Waals surface area contributed by atoms with E-state index >= 15 is 0 Å². The molecule has 2 rings (SSSR count). The Balaban J connectivity index is 2.19. The largest absolute Gasteiger partial charge is 0.314 e. The van der Waals surface area contributed by atoms with E-state index < -0.39 is 0 Å². The predicted molar refractivity (Wildman–Crippen MR) is 74.8 cm³/mol. The van der Waals surface area contributed by atoms with E-state index in [1.807, 2.05) is 6.07 Å². The monoisotopic (exact) mass is 269 g/mol. The van der Waals surface area contributed by atoms with Gasteiger partial charge in [0.05, 0.1) is 5.02 Å². The minimum Gasteiger partial charge on any atom is -0.314 e. The molecule has 1 saturated heterocycles. The molecule has 0 aliphatic carbocycles. The molecular formula is C15H21ClFN. The number of halogens is 2. The van der Waals surface area contributed by atoms with E-state index in [0.29, 0.717) is 12.0 Å². The molecule has 1 nitrogen and oxygen atoms in total. The minimum absolute atomic E-state index is 0.242. The normalized spacial score (nSPS) is 20.4. The zero-order chi connectivity index (χ0) is 13.1. The molecule has 1 atom stereocenters. The van der Waals surface area contributed by atoms with Crippen LogP contribution in [-0.4, -0.2) is 12.6 Å². The van der Waals surface area contributed by atoms with Gasteiger partial charge in [0.1, 0.15) is 5.82 Å². The Labute approximate surface area is 114 Å². The maximum atomic E-state index is 14.0. The molecule has 3 heteroatoms. The molecule has 1 aliphatic rings. The summed E-state index contributed by atoms with van der Waals surface area (Å²) in [5.74, 6) is 0.134. The van der Waals surface area contributed by atoms with Gasteiger partial charge in [0.15, 0.2) is 0 Å². The molecule has 0 bridgehead atoms. The summed E-state index contributed by atoms with van der Waals surface area (Å²) in [4.78, 5) is 0. The number of hydrogen-bond donors (Lipinski definition) is 1. The third-order valence-electron chi connectivity index (χ3n) is 3.67. The van der Waals surface area contributed by atoms with Gasteiger partial charge < -0.3 is 5.32 Å². The van der Waals surface area contributed by atoms with E-state index in [2.05, 4.69) is 19.2 Å². The molecule has 1 aliphatic heterocycles. The fourth-order valence-corrected chi connectivity index (χ4v) is 2.76. The first-order chi connectivity index (χ1) is 8.58. The molecule has 0 radical (unpaired) electrons. The summed E-state index contributed by atoms with van der Waals surface area (Å²) in [7, 11) is 0. The van der Waals surface area contributed by atoms with E-state index in [4.69, 9.17) is 11.6 Å². The van der Waals surface area contributed by atoms with E-state index in [-0.39, 0.29) is 10.8 Å². The van der Waals surface area contributed by atoms with Crippen LogP contribution >= 0.6 is 11.6 Å². The van der Waals surface area contributed by atoms with Crippen LogP contribution in [0.2, 0.25) is 5.02 Å². The molecular weight excluding hydrogens is 249 g/mol. The number of nitrogens with one attached hydrogen (secondary N) is 1. The van der Waals surface area contributed by atoms with E-state index in [1.165, 1.54) is 12.8 Å². The smallest absolute Gasteiger partial charge is 0.145 e. The molecule has 0 saturated carbocycles. The van der Waals surface area contributed by atoms with Crippen molar-refractivity contribution >= 4 is 11.6 Å². The number of rotatable bonds is 3. The van der Waals surface area contributed by atoms with Gasteiger partial charge in [-0.3, -0.25) is 0 Å². The molecule has 100 valence electrons. The van der Waals surface area contributed by atoms with E-state index in [9.17, 15) is 4.39 Å². The molecule has 18 heavy (non-hydrogen) atoms. The van der Waals surface area contributed by atoms with Crippen LogP contribution in [0.1, 0.15) is 50.2 Å². The Bertz CT molecular complexity index is 411. The van der Waals surface area contributed by atoms with Gasteiger partial charge in [0, 0.05) is 6.04 Å². The van der Waals surface area contributed by atoms with E-state index in [0.717, 1.165) is 30.5 Å². The molecule has 1 fully saturated rings. The van der Waals surface area contributed by atoms with Gasteiger partial charge in [-0.2, -0.15) is 0 Å². The predicted octanol–water partition coefficient (Wildman–Crippen LogP) is 4.29. The number of benzene rings is 1. The highest BCUT2D eigenvalue weighted by Crippen LogP contribution is 2.27. The summed E-state index contributed by atoms with van der Waals surface area (Å²) in [5.41, 5.74) is 1.87. The van der Waals surface area contributed by atoms with Crippen LogP contribution in [0.4, 0.5) is 4.39 Å². The van der Waals surface area contributed by atoms with Crippen molar-refractivity contribution in [3.05, 3.63) is 34.1 Å². The SMILES string of the molecule is CC(C)c1cc(Cl)c(F)c(CC2CCCCN2)c1. The van der Waals surface area contributed by atoms with E-state index in [1.54, 1.807) is 6.07 Å². The van der Waals surface area contributed by atoms with Crippen molar-refractivity contribution in [3.63, 3.8) is 0 Å². The lowest BCUT2D eigenvalue weighted by atomic mass is 9.94. The van der Waals surface area contributed by atoms with Gasteiger partial charge in [-0.25, -0.2) is 4.39 Å². The lowest BCUT2D eigenvalue weighted by molar-refractivity contribution is 0.395. The number of piperidine rings is 1. The van der Waals surface area contributed by atoms with Gasteiger partial charge in [0.2, 0.25) is 0 Å². The van der Waals surface area contributed by atoms with Gasteiger partial charge in [-0.05, 0) is 48.9 Å². The van der Waals surface area contributed by atoms with Crippen LogP contribution in [0.25, 0.3) is 0 Å². The summed E-state index contributed by atoms with van der Waals surface area (Å²) in [6, 6.07) is 4.12. The first kappa shape index (κ1) is 13.8. The Hall–Kier alpha value is -0.600. The van der Waals surface area contributed by atoms with Crippen molar-refractivity contribution < 1.29 is 4.39 Å². The minimum atomic E-state index is -0.242. The second-order valence-corrected chi connectivity index (χ2v) is 5.89. The van der Waals surface area contributed by atoms with Gasteiger partial charge in [-0.15, -0.1) is 0 Å². The van der Waals surface area contributed by atoms with Crippen molar-refractivity contribution in [2.24, 2.45) is 0 Å². The zero-order valence-corrected chi connectivity index (χ0v) is 11.9. The molecule has 1 aromatic rings. The van der Waals surface area contributed by atoms with Crippen molar-refractivity contribution in [2.45, 2.75) is 51.5 Å². The molecule has 1 heterocycles. The van der Waals surface area contributed by atoms with Crippen LogP contribution < -0.4 is 5.32 Å². The molecule has 0 amide bonds. The van der Waals surface area contributed by atoms with Gasteiger partial charge >= 0.3 is 0 Å². The highest BCUT2D eigenvalue weighted by molar-refractivity contribution is 6.30. The quantitative estimate of drug-likeness (QED) is 0.863. The molecule has 0 spiro atoms. The van der Waals surface area contributed by atoms with Crippen LogP contribution in [0.3, 0.4) is 0 Å². The molecule has 1 unspecified atom stereocenters. The molecule has 0 aromatic heterocycles. The lowest BCUT2D eigenvalue weighted by Gasteiger charge is -2.24. The Morgan fingerprint density at radius 1 is 1.39 bits per heavy atom. The highest BCUT2D eigenvalue weighted by Gasteiger charge is 2.17. The van der Waals surface area contributed by atoms with Crippen molar-refractivity contribution in [3.8, 4) is 0 Å². The second-order valence-electron chi connectivity index (χ2n) is 5.48. The third-order valence-corrected chi connectivity index (χ3v) is 3.95. The topological polar surface area (TPSA) is 12.0 Å². The maximum absolute atomic E-state index is 14.0. The molecule has 1 N–H and O–H groups in total. The zero-order valence-electron chi connectivity index (χ0n) is 11.1. The van der Waals surface area contributed by atoms with Crippen molar-refractivity contribution in [1.29, 1.82) is 0 Å². The fourth-order valence-electron chi connectivity index (χ4n) is 2.51. The summed E-state index contributed by atoms with van der Waals surface area (Å²) in [6.07, 6.45) is 4.33. The van der Waals surface area contributed by atoms with Crippen LogP contribution in [0.15, 0.2) is 12.1 Å². The van der Waals surface area contributed by atoms with Crippen LogP contribution in [0, 0.1) is 5.82 Å². The Kier molecular flexibility index (Phi) is 4.63. The third kappa shape index (κ3) is 3.24. The second kappa shape index (κ2) is 6.03.